The third-order valence-electron chi connectivity index (χ3n) is 1.30. The van der Waals surface area contributed by atoms with E-state index in [0.717, 1.165) is 12.1 Å². The highest BCUT2D eigenvalue weighted by molar-refractivity contribution is 6.24. The maximum atomic E-state index is 11.8. The summed E-state index contributed by atoms with van der Waals surface area (Å²) in [5.41, 5.74) is 0.202. The number of anilines is 1. The molecule has 0 saturated heterocycles. The molecule has 3 nitrogen and oxygen atoms in total. The van der Waals surface area contributed by atoms with Gasteiger partial charge in [0.1, 0.15) is 5.75 Å². The van der Waals surface area contributed by atoms with E-state index < -0.39 is 6.36 Å². The minimum absolute atomic E-state index is 0.202. The summed E-state index contributed by atoms with van der Waals surface area (Å²) in [7, 11) is 0. The van der Waals surface area contributed by atoms with E-state index in [-0.39, 0.29) is 11.4 Å². The van der Waals surface area contributed by atoms with Gasteiger partial charge in [-0.2, -0.15) is 0 Å². The fourth-order valence-electron chi connectivity index (χ4n) is 0.814. The summed E-state index contributed by atoms with van der Waals surface area (Å²) < 4.78 is 39.6. The molecule has 78 valence electrons. The van der Waals surface area contributed by atoms with E-state index in [1.807, 2.05) is 0 Å². The van der Waals surface area contributed by atoms with E-state index >= 15 is 0 Å². The van der Waals surface area contributed by atoms with Crippen molar-refractivity contribution in [1.82, 2.24) is 0 Å². The van der Waals surface area contributed by atoms with Crippen LogP contribution in [0.5, 0.6) is 5.75 Å². The monoisotopic (exact) mass is 226 g/mol. The van der Waals surface area contributed by atoms with Gasteiger partial charge in [-0.3, -0.25) is 0 Å². The van der Waals surface area contributed by atoms with Crippen LogP contribution in [0.25, 0.3) is 0 Å². The molecule has 2 N–H and O–H groups in total. The Labute approximate surface area is 82.9 Å². The molecule has 0 spiro atoms. The molecule has 7 heteroatoms. The third-order valence-corrected chi connectivity index (χ3v) is 1.49. The molecule has 0 fully saturated rings. The quantitative estimate of drug-likeness (QED) is 0.478. The summed E-state index contributed by atoms with van der Waals surface area (Å²) >= 11 is 5.32. The highest BCUT2D eigenvalue weighted by atomic mass is 35.5. The molecular formula is C7H6ClF3N2O. The molecule has 0 saturated carbocycles. The van der Waals surface area contributed by atoms with Crippen LogP contribution in [0.3, 0.4) is 0 Å². The Balaban J connectivity index is 2.84. The first-order chi connectivity index (χ1) is 6.38. The van der Waals surface area contributed by atoms with Gasteiger partial charge in [-0.15, -0.1) is 13.2 Å². The maximum absolute atomic E-state index is 11.8. The zero-order valence-corrected chi connectivity index (χ0v) is 7.51. The first-order valence-corrected chi connectivity index (χ1v) is 3.79. The molecule has 1 aromatic rings. The van der Waals surface area contributed by atoms with Crippen molar-refractivity contribution in [3.63, 3.8) is 0 Å². The molecule has 0 radical (unpaired) electrons. The molecular weight excluding hydrogens is 221 g/mol. The zero-order valence-electron chi connectivity index (χ0n) is 6.75. The Morgan fingerprint density at radius 3 is 2.50 bits per heavy atom. The molecule has 14 heavy (non-hydrogen) atoms. The molecule has 0 aliphatic carbocycles. The predicted octanol–water partition coefficient (Wildman–Crippen LogP) is 2.42. The lowest BCUT2D eigenvalue weighted by molar-refractivity contribution is -0.274. The smallest absolute Gasteiger partial charge is 0.406 e. The fraction of sp³-hybridized carbons (Fsp3) is 0.143. The second-order valence-corrected chi connectivity index (χ2v) is 2.72. The van der Waals surface area contributed by atoms with Crippen molar-refractivity contribution < 1.29 is 17.9 Å². The molecule has 1 aromatic carbocycles. The average molecular weight is 227 g/mol. The Bertz CT molecular complexity index is 316. The molecule has 0 atom stereocenters. The fourth-order valence-corrected chi connectivity index (χ4v) is 0.919. The maximum Gasteiger partial charge on any atom is 0.573 e. The molecule has 1 rings (SSSR count). The van der Waals surface area contributed by atoms with E-state index in [4.69, 9.17) is 17.6 Å². The summed E-state index contributed by atoms with van der Waals surface area (Å²) in [4.78, 5) is 0. The van der Waals surface area contributed by atoms with Gasteiger partial charge in [-0.25, -0.2) is 10.4 Å². The van der Waals surface area contributed by atoms with Crippen LogP contribution >= 0.6 is 11.8 Å². The van der Waals surface area contributed by atoms with E-state index in [1.54, 1.807) is 0 Å². The number of benzene rings is 1. The van der Waals surface area contributed by atoms with E-state index in [2.05, 4.69) is 4.74 Å². The highest BCUT2D eigenvalue weighted by Crippen LogP contribution is 2.26. The Kier molecular flexibility index (Phi) is 3.07. The number of nitrogens with zero attached hydrogens (tertiary/aromatic N) is 1. The minimum Gasteiger partial charge on any atom is -0.406 e. The lowest BCUT2D eigenvalue weighted by Crippen LogP contribution is -2.20. The van der Waals surface area contributed by atoms with Crippen molar-refractivity contribution in [3.8, 4) is 5.75 Å². The summed E-state index contributed by atoms with van der Waals surface area (Å²) in [5, 5.41) is 0. The average Bonchev–Trinajstić information content (AvgIpc) is 2.01. The van der Waals surface area contributed by atoms with Gasteiger partial charge < -0.3 is 4.74 Å². The molecule has 0 aliphatic rings. The number of hydrazine groups is 1. The second kappa shape index (κ2) is 3.93. The molecule has 0 aliphatic heterocycles. The van der Waals surface area contributed by atoms with Crippen LogP contribution in [0.15, 0.2) is 24.3 Å². The molecule has 0 unspecified atom stereocenters. The summed E-state index contributed by atoms with van der Waals surface area (Å²) in [6, 6.07) is 5.01. The van der Waals surface area contributed by atoms with Gasteiger partial charge in [-0.1, -0.05) is 6.07 Å². The van der Waals surface area contributed by atoms with Crippen LogP contribution < -0.4 is 15.1 Å². The normalized spacial score (nSPS) is 11.2. The van der Waals surface area contributed by atoms with Gasteiger partial charge in [0, 0.05) is 17.8 Å². The van der Waals surface area contributed by atoms with Crippen LogP contribution in [0.1, 0.15) is 0 Å². The van der Waals surface area contributed by atoms with Crippen molar-refractivity contribution >= 4 is 17.5 Å². The Morgan fingerprint density at radius 2 is 2.00 bits per heavy atom. The van der Waals surface area contributed by atoms with Gasteiger partial charge in [0.15, 0.2) is 0 Å². The van der Waals surface area contributed by atoms with Crippen LogP contribution in [0.4, 0.5) is 18.9 Å². The number of alkyl halides is 3. The van der Waals surface area contributed by atoms with E-state index in [9.17, 15) is 13.2 Å². The van der Waals surface area contributed by atoms with Crippen LogP contribution in [0.2, 0.25) is 0 Å². The van der Waals surface area contributed by atoms with Crippen LogP contribution in [-0.2, 0) is 0 Å². The first kappa shape index (κ1) is 10.9. The number of halogens is 4. The van der Waals surface area contributed by atoms with Crippen LogP contribution in [0, 0.1) is 0 Å². The van der Waals surface area contributed by atoms with E-state index in [0.29, 0.717) is 4.53 Å². The van der Waals surface area contributed by atoms with Gasteiger partial charge >= 0.3 is 6.36 Å². The lowest BCUT2D eigenvalue weighted by Gasteiger charge is -2.12. The number of hydrogen-bond acceptors (Lipinski definition) is 3. The lowest BCUT2D eigenvalue weighted by atomic mass is 10.3. The van der Waals surface area contributed by atoms with Crippen molar-refractivity contribution in [2.45, 2.75) is 6.36 Å². The second-order valence-electron chi connectivity index (χ2n) is 2.36. The Morgan fingerprint density at radius 1 is 1.36 bits per heavy atom. The number of rotatable bonds is 2. The number of hydrogen-bond donors (Lipinski definition) is 1. The predicted molar refractivity (Wildman–Crippen MR) is 45.6 cm³/mol. The first-order valence-electron chi connectivity index (χ1n) is 3.45. The van der Waals surface area contributed by atoms with Crippen molar-refractivity contribution in [2.24, 2.45) is 5.84 Å². The molecule has 0 aromatic heterocycles. The minimum atomic E-state index is -4.72. The summed E-state index contributed by atoms with van der Waals surface area (Å²) in [5.74, 6) is 4.74. The van der Waals surface area contributed by atoms with Crippen LogP contribution in [-0.4, -0.2) is 6.36 Å². The number of nitrogens with two attached hydrogens (primary N) is 1. The molecule has 0 heterocycles. The highest BCUT2D eigenvalue weighted by Gasteiger charge is 2.31. The zero-order chi connectivity index (χ0) is 10.8. The van der Waals surface area contributed by atoms with Gasteiger partial charge in [0.2, 0.25) is 0 Å². The van der Waals surface area contributed by atoms with Crippen molar-refractivity contribution in [2.75, 3.05) is 4.53 Å². The third kappa shape index (κ3) is 3.31. The largest absolute Gasteiger partial charge is 0.573 e. The topological polar surface area (TPSA) is 38.5 Å². The molecule has 0 bridgehead atoms. The summed E-state index contributed by atoms with van der Waals surface area (Å²) in [6.45, 7) is 0. The van der Waals surface area contributed by atoms with Gasteiger partial charge in [-0.05, 0) is 12.1 Å². The molecule has 0 amide bonds. The van der Waals surface area contributed by atoms with E-state index in [1.165, 1.54) is 12.1 Å². The summed E-state index contributed by atoms with van der Waals surface area (Å²) in [6.07, 6.45) is -4.72. The number of ether oxygens (including phenoxy) is 1. The Hall–Kier alpha value is -1.14. The van der Waals surface area contributed by atoms with Gasteiger partial charge in [0.05, 0.1) is 5.69 Å². The van der Waals surface area contributed by atoms with Crippen molar-refractivity contribution in [3.05, 3.63) is 24.3 Å². The SMILES string of the molecule is NN(Cl)c1cccc(OC(F)(F)F)c1. The van der Waals surface area contributed by atoms with Crippen molar-refractivity contribution in [1.29, 1.82) is 0 Å². The standard InChI is InChI=1S/C7H6ClF3N2O/c8-13(12)5-2-1-3-6(4-5)14-7(9,10)11/h1-4H,12H2. The van der Waals surface area contributed by atoms with Gasteiger partial charge in [0.25, 0.3) is 0 Å².